The standard InChI is InChI=1S/C20H18FN3O6/c1-27-14-6-7-15(16(9-14)28-2)19-23-17(30-24-19)11-29-18(25)10-22-20(26)12-4-3-5-13(21)8-12/h3-9H,10-11H2,1-2H3,(H,22,26). The predicted octanol–water partition coefficient (Wildman–Crippen LogP) is 2.37. The fourth-order valence-electron chi connectivity index (χ4n) is 2.48. The number of aromatic nitrogens is 2. The first-order valence-electron chi connectivity index (χ1n) is 8.74. The van der Waals surface area contributed by atoms with E-state index in [9.17, 15) is 14.0 Å². The molecule has 0 aliphatic rings. The lowest BCUT2D eigenvalue weighted by molar-refractivity contribution is -0.144. The minimum Gasteiger partial charge on any atom is -0.497 e. The molecule has 9 nitrogen and oxygen atoms in total. The van der Waals surface area contributed by atoms with E-state index in [4.69, 9.17) is 18.7 Å². The Kier molecular flexibility index (Phi) is 6.58. The molecule has 0 atom stereocenters. The molecule has 1 amide bonds. The van der Waals surface area contributed by atoms with Crippen LogP contribution in [0, 0.1) is 5.82 Å². The van der Waals surface area contributed by atoms with Crippen LogP contribution in [0.1, 0.15) is 16.2 Å². The van der Waals surface area contributed by atoms with Crippen molar-refractivity contribution >= 4 is 11.9 Å². The number of rotatable bonds is 8. The number of methoxy groups -OCH3 is 2. The van der Waals surface area contributed by atoms with Gasteiger partial charge in [0.05, 0.1) is 19.8 Å². The molecule has 2 aromatic carbocycles. The van der Waals surface area contributed by atoms with Gasteiger partial charge in [0.1, 0.15) is 23.9 Å². The lowest BCUT2D eigenvalue weighted by atomic mass is 10.2. The molecule has 10 heteroatoms. The van der Waals surface area contributed by atoms with Crippen molar-refractivity contribution in [3.63, 3.8) is 0 Å². The molecule has 0 fully saturated rings. The molecule has 30 heavy (non-hydrogen) atoms. The molecule has 0 aliphatic heterocycles. The van der Waals surface area contributed by atoms with Gasteiger partial charge in [0, 0.05) is 11.6 Å². The Balaban J connectivity index is 1.54. The highest BCUT2D eigenvalue weighted by atomic mass is 19.1. The van der Waals surface area contributed by atoms with Crippen LogP contribution < -0.4 is 14.8 Å². The Labute approximate surface area is 170 Å². The summed E-state index contributed by atoms with van der Waals surface area (Å²) in [4.78, 5) is 27.9. The SMILES string of the molecule is COc1ccc(-c2noc(COC(=O)CNC(=O)c3cccc(F)c3)n2)c(OC)c1. The average molecular weight is 415 g/mol. The largest absolute Gasteiger partial charge is 0.497 e. The Morgan fingerprint density at radius 2 is 1.97 bits per heavy atom. The minimum atomic E-state index is -0.721. The van der Waals surface area contributed by atoms with Crippen LogP contribution in [0.3, 0.4) is 0 Å². The first-order chi connectivity index (χ1) is 14.5. The van der Waals surface area contributed by atoms with Gasteiger partial charge in [-0.2, -0.15) is 4.98 Å². The van der Waals surface area contributed by atoms with E-state index in [1.165, 1.54) is 32.4 Å². The molecular weight excluding hydrogens is 397 g/mol. The number of hydrogen-bond acceptors (Lipinski definition) is 8. The summed E-state index contributed by atoms with van der Waals surface area (Å²) in [7, 11) is 3.04. The average Bonchev–Trinajstić information content (AvgIpc) is 3.24. The summed E-state index contributed by atoms with van der Waals surface area (Å²) in [5.41, 5.74) is 0.666. The molecule has 1 N–H and O–H groups in total. The highest BCUT2D eigenvalue weighted by Crippen LogP contribution is 2.31. The van der Waals surface area contributed by atoms with Crippen LogP contribution in [0.4, 0.5) is 4.39 Å². The van der Waals surface area contributed by atoms with Gasteiger partial charge in [-0.25, -0.2) is 4.39 Å². The second-order valence-electron chi connectivity index (χ2n) is 5.93. The van der Waals surface area contributed by atoms with Gasteiger partial charge in [-0.1, -0.05) is 11.2 Å². The van der Waals surface area contributed by atoms with Crippen molar-refractivity contribution in [2.45, 2.75) is 6.61 Å². The summed E-state index contributed by atoms with van der Waals surface area (Å²) in [6.07, 6.45) is 0. The maximum atomic E-state index is 13.1. The van der Waals surface area contributed by atoms with Crippen molar-refractivity contribution in [2.75, 3.05) is 20.8 Å². The first kappa shape index (κ1) is 20.8. The van der Waals surface area contributed by atoms with Crippen LogP contribution in [-0.2, 0) is 16.1 Å². The van der Waals surface area contributed by atoms with E-state index >= 15 is 0 Å². The third kappa shape index (κ3) is 5.10. The predicted molar refractivity (Wildman–Crippen MR) is 101 cm³/mol. The molecule has 0 bridgehead atoms. The van der Waals surface area contributed by atoms with Gasteiger partial charge in [0.2, 0.25) is 5.82 Å². The number of amides is 1. The number of nitrogens with zero attached hydrogens (tertiary/aromatic N) is 2. The maximum Gasteiger partial charge on any atom is 0.325 e. The number of carbonyl (C=O) groups excluding carboxylic acids is 2. The molecular formula is C20H18FN3O6. The first-order valence-corrected chi connectivity index (χ1v) is 8.74. The Hall–Kier alpha value is -3.95. The Morgan fingerprint density at radius 1 is 1.13 bits per heavy atom. The van der Waals surface area contributed by atoms with Gasteiger partial charge >= 0.3 is 5.97 Å². The van der Waals surface area contributed by atoms with Crippen LogP contribution in [0.2, 0.25) is 0 Å². The van der Waals surface area contributed by atoms with Gasteiger partial charge in [0.15, 0.2) is 6.61 Å². The summed E-state index contributed by atoms with van der Waals surface area (Å²) < 4.78 is 33.7. The summed E-state index contributed by atoms with van der Waals surface area (Å²) in [5, 5.41) is 6.19. The van der Waals surface area contributed by atoms with Crippen molar-refractivity contribution in [1.82, 2.24) is 15.5 Å². The lowest BCUT2D eigenvalue weighted by Gasteiger charge is -2.07. The van der Waals surface area contributed by atoms with E-state index in [0.29, 0.717) is 17.1 Å². The molecule has 0 saturated heterocycles. The van der Waals surface area contributed by atoms with Gasteiger partial charge < -0.3 is 24.1 Å². The highest BCUT2D eigenvalue weighted by Gasteiger charge is 2.16. The van der Waals surface area contributed by atoms with Crippen LogP contribution in [-0.4, -0.2) is 42.8 Å². The lowest BCUT2D eigenvalue weighted by Crippen LogP contribution is -2.30. The Bertz CT molecular complexity index is 1050. The molecule has 1 aromatic heterocycles. The zero-order chi connectivity index (χ0) is 21.5. The fourth-order valence-corrected chi connectivity index (χ4v) is 2.48. The van der Waals surface area contributed by atoms with Crippen molar-refractivity contribution < 1.29 is 32.7 Å². The number of carbonyl (C=O) groups is 2. The molecule has 3 aromatic rings. The van der Waals surface area contributed by atoms with E-state index in [-0.39, 0.29) is 23.9 Å². The monoisotopic (exact) mass is 415 g/mol. The summed E-state index contributed by atoms with van der Waals surface area (Å²) in [6.45, 7) is -0.678. The van der Waals surface area contributed by atoms with Gasteiger partial charge in [0.25, 0.3) is 11.8 Å². The second-order valence-corrected chi connectivity index (χ2v) is 5.93. The van der Waals surface area contributed by atoms with Crippen LogP contribution in [0.15, 0.2) is 47.0 Å². The summed E-state index contributed by atoms with van der Waals surface area (Å²) in [5.74, 6) is -0.467. The highest BCUT2D eigenvalue weighted by molar-refractivity contribution is 5.95. The number of ether oxygens (including phenoxy) is 3. The van der Waals surface area contributed by atoms with E-state index < -0.39 is 24.2 Å². The van der Waals surface area contributed by atoms with E-state index in [2.05, 4.69) is 15.5 Å². The summed E-state index contributed by atoms with van der Waals surface area (Å²) in [6, 6.07) is 10.2. The molecule has 0 spiro atoms. The van der Waals surface area contributed by atoms with Crippen LogP contribution in [0.5, 0.6) is 11.5 Å². The van der Waals surface area contributed by atoms with E-state index in [1.54, 1.807) is 18.2 Å². The zero-order valence-electron chi connectivity index (χ0n) is 16.2. The van der Waals surface area contributed by atoms with E-state index in [0.717, 1.165) is 6.07 Å². The maximum absolute atomic E-state index is 13.1. The molecule has 0 saturated carbocycles. The third-order valence-corrected chi connectivity index (χ3v) is 3.95. The van der Waals surface area contributed by atoms with Gasteiger partial charge in [-0.05, 0) is 30.3 Å². The minimum absolute atomic E-state index is 0.0627. The molecule has 3 rings (SSSR count). The number of hydrogen-bond donors (Lipinski definition) is 1. The molecule has 0 aliphatic carbocycles. The number of halogens is 1. The van der Waals surface area contributed by atoms with Crippen molar-refractivity contribution in [3.05, 3.63) is 59.7 Å². The third-order valence-electron chi connectivity index (χ3n) is 3.95. The number of nitrogens with one attached hydrogen (secondary N) is 1. The molecule has 1 heterocycles. The van der Waals surface area contributed by atoms with Crippen LogP contribution >= 0.6 is 0 Å². The normalized spacial score (nSPS) is 10.4. The zero-order valence-corrected chi connectivity index (χ0v) is 16.2. The Morgan fingerprint density at radius 3 is 2.70 bits per heavy atom. The smallest absolute Gasteiger partial charge is 0.325 e. The van der Waals surface area contributed by atoms with Gasteiger partial charge in [-0.3, -0.25) is 9.59 Å². The van der Waals surface area contributed by atoms with E-state index in [1.807, 2.05) is 0 Å². The fraction of sp³-hybridized carbons (Fsp3) is 0.200. The van der Waals surface area contributed by atoms with Crippen molar-refractivity contribution in [2.24, 2.45) is 0 Å². The quantitative estimate of drug-likeness (QED) is 0.558. The summed E-state index contributed by atoms with van der Waals surface area (Å²) >= 11 is 0. The number of esters is 1. The second kappa shape index (κ2) is 9.50. The van der Waals surface area contributed by atoms with Crippen LogP contribution in [0.25, 0.3) is 11.4 Å². The number of benzene rings is 2. The van der Waals surface area contributed by atoms with Gasteiger partial charge in [-0.15, -0.1) is 0 Å². The van der Waals surface area contributed by atoms with Crippen molar-refractivity contribution in [1.29, 1.82) is 0 Å². The molecule has 0 unspecified atom stereocenters. The molecule has 156 valence electrons. The van der Waals surface area contributed by atoms with Crippen molar-refractivity contribution in [3.8, 4) is 22.9 Å². The molecule has 0 radical (unpaired) electrons. The topological polar surface area (TPSA) is 113 Å².